The normalized spacial score (nSPS) is 17.7. The molecule has 0 spiro atoms. The van der Waals surface area contributed by atoms with Crippen LogP contribution in [0.1, 0.15) is 26.7 Å². The van der Waals surface area contributed by atoms with Crippen LogP contribution in [0.15, 0.2) is 36.5 Å². The number of benzene rings is 1. The Morgan fingerprint density at radius 1 is 1.17 bits per heavy atom. The highest BCUT2D eigenvalue weighted by atomic mass is 32.2. The molecular weight excluding hydrogens is 312 g/mol. The van der Waals surface area contributed by atoms with Crippen molar-refractivity contribution >= 4 is 20.9 Å². The van der Waals surface area contributed by atoms with Crippen LogP contribution in [-0.4, -0.2) is 42.2 Å². The Morgan fingerprint density at radius 2 is 1.87 bits per heavy atom. The third-order valence-corrected chi connectivity index (χ3v) is 6.52. The molecule has 1 aliphatic heterocycles. The number of sulfonamides is 1. The van der Waals surface area contributed by atoms with Crippen molar-refractivity contribution < 1.29 is 13.2 Å². The molecule has 1 aromatic carbocycles. The number of aromatic nitrogens is 1. The van der Waals surface area contributed by atoms with Gasteiger partial charge in [-0.1, -0.05) is 18.2 Å². The minimum absolute atomic E-state index is 0.0289. The first kappa shape index (κ1) is 16.2. The van der Waals surface area contributed by atoms with E-state index >= 15 is 0 Å². The Balaban J connectivity index is 1.69. The van der Waals surface area contributed by atoms with E-state index in [-0.39, 0.29) is 11.4 Å². The molecule has 0 saturated carbocycles. The maximum atomic E-state index is 12.2. The summed E-state index contributed by atoms with van der Waals surface area (Å²) in [6.07, 6.45) is 3.19. The standard InChI is InChI=1S/C17H22N2O3S/c1-13(2)23(20,21)19-11-8-15(9-12-19)22-16-7-3-5-14-6-4-10-18-17(14)16/h3-7,10,13,15H,8-9,11-12H2,1-2H3. The molecule has 1 saturated heterocycles. The monoisotopic (exact) mass is 334 g/mol. The number of fused-ring (bicyclic) bond motifs is 1. The van der Waals surface area contributed by atoms with E-state index in [1.165, 1.54) is 0 Å². The van der Waals surface area contributed by atoms with Gasteiger partial charge >= 0.3 is 0 Å². The topological polar surface area (TPSA) is 59.5 Å². The molecule has 1 aromatic heterocycles. The Hall–Kier alpha value is -1.66. The summed E-state index contributed by atoms with van der Waals surface area (Å²) in [6, 6.07) is 9.80. The van der Waals surface area contributed by atoms with Gasteiger partial charge in [-0.3, -0.25) is 4.98 Å². The summed E-state index contributed by atoms with van der Waals surface area (Å²) in [6.45, 7) is 4.48. The summed E-state index contributed by atoms with van der Waals surface area (Å²) in [5.74, 6) is 0.772. The zero-order valence-corrected chi connectivity index (χ0v) is 14.3. The summed E-state index contributed by atoms with van der Waals surface area (Å²) in [7, 11) is -3.17. The summed E-state index contributed by atoms with van der Waals surface area (Å²) in [5.41, 5.74) is 0.854. The number of rotatable bonds is 4. The number of piperidine rings is 1. The predicted molar refractivity (Wildman–Crippen MR) is 91.0 cm³/mol. The van der Waals surface area contributed by atoms with Gasteiger partial charge < -0.3 is 4.74 Å². The Morgan fingerprint density at radius 3 is 2.57 bits per heavy atom. The van der Waals surface area contributed by atoms with Gasteiger partial charge in [0.25, 0.3) is 0 Å². The van der Waals surface area contributed by atoms with Gasteiger partial charge in [-0.05, 0) is 38.8 Å². The van der Waals surface area contributed by atoms with Crippen molar-refractivity contribution in [1.29, 1.82) is 0 Å². The molecule has 1 fully saturated rings. The number of pyridine rings is 1. The molecule has 0 aliphatic carbocycles. The van der Waals surface area contributed by atoms with Crippen molar-refractivity contribution in [1.82, 2.24) is 9.29 Å². The molecule has 0 N–H and O–H groups in total. The SMILES string of the molecule is CC(C)S(=O)(=O)N1CCC(Oc2cccc3cccnc23)CC1. The average molecular weight is 334 g/mol. The Kier molecular flexibility index (Phi) is 4.55. The van der Waals surface area contributed by atoms with Crippen LogP contribution in [0.25, 0.3) is 10.9 Å². The highest BCUT2D eigenvalue weighted by molar-refractivity contribution is 7.89. The first-order valence-corrected chi connectivity index (χ1v) is 9.48. The number of hydrogen-bond donors (Lipinski definition) is 0. The fraction of sp³-hybridized carbons (Fsp3) is 0.471. The molecule has 5 nitrogen and oxygen atoms in total. The van der Waals surface area contributed by atoms with Crippen molar-refractivity contribution in [3.8, 4) is 5.75 Å². The molecule has 6 heteroatoms. The maximum Gasteiger partial charge on any atom is 0.216 e. The molecule has 3 rings (SSSR count). The van der Waals surface area contributed by atoms with Gasteiger partial charge in [0.1, 0.15) is 17.4 Å². The van der Waals surface area contributed by atoms with Crippen molar-refractivity contribution in [2.24, 2.45) is 0 Å². The largest absolute Gasteiger partial charge is 0.488 e. The lowest BCUT2D eigenvalue weighted by atomic mass is 10.1. The third-order valence-electron chi connectivity index (χ3n) is 4.25. The first-order chi connectivity index (χ1) is 11.0. The molecule has 0 bridgehead atoms. The van der Waals surface area contributed by atoms with Gasteiger partial charge in [-0.2, -0.15) is 0 Å². The quantitative estimate of drug-likeness (QED) is 0.863. The minimum Gasteiger partial charge on any atom is -0.488 e. The number of nitrogens with zero attached hydrogens (tertiary/aromatic N) is 2. The summed E-state index contributed by atoms with van der Waals surface area (Å²) < 4.78 is 32.1. The highest BCUT2D eigenvalue weighted by Crippen LogP contribution is 2.27. The van der Waals surface area contributed by atoms with Gasteiger partial charge in [0, 0.05) is 24.7 Å². The number of hydrogen-bond acceptors (Lipinski definition) is 4. The second-order valence-corrected chi connectivity index (χ2v) is 8.63. The zero-order valence-electron chi connectivity index (χ0n) is 13.5. The van der Waals surface area contributed by atoms with E-state index in [1.807, 2.05) is 30.3 Å². The molecule has 0 atom stereocenters. The van der Waals surface area contributed by atoms with Crippen LogP contribution in [0, 0.1) is 0 Å². The average Bonchev–Trinajstić information content (AvgIpc) is 2.55. The van der Waals surface area contributed by atoms with Gasteiger partial charge in [-0.25, -0.2) is 12.7 Å². The van der Waals surface area contributed by atoms with E-state index in [1.54, 1.807) is 24.3 Å². The molecule has 124 valence electrons. The van der Waals surface area contributed by atoms with Crippen LogP contribution in [0.4, 0.5) is 0 Å². The maximum absolute atomic E-state index is 12.2. The van der Waals surface area contributed by atoms with E-state index < -0.39 is 10.0 Å². The highest BCUT2D eigenvalue weighted by Gasteiger charge is 2.31. The van der Waals surface area contributed by atoms with Crippen LogP contribution in [0.5, 0.6) is 5.75 Å². The molecule has 0 unspecified atom stereocenters. The van der Waals surface area contributed by atoms with Gasteiger partial charge in [0.15, 0.2) is 0 Å². The van der Waals surface area contributed by atoms with Crippen LogP contribution >= 0.6 is 0 Å². The predicted octanol–water partition coefficient (Wildman–Crippen LogP) is 2.82. The molecular formula is C17H22N2O3S. The van der Waals surface area contributed by atoms with Crippen molar-refractivity contribution in [3.63, 3.8) is 0 Å². The number of ether oxygens (including phenoxy) is 1. The lowest BCUT2D eigenvalue weighted by molar-refractivity contribution is 0.136. The van der Waals surface area contributed by atoms with E-state index in [0.29, 0.717) is 25.9 Å². The van der Waals surface area contributed by atoms with Gasteiger partial charge in [-0.15, -0.1) is 0 Å². The minimum atomic E-state index is -3.17. The fourth-order valence-electron chi connectivity index (χ4n) is 2.85. The second kappa shape index (κ2) is 6.45. The summed E-state index contributed by atoms with van der Waals surface area (Å²) >= 11 is 0. The molecule has 0 radical (unpaired) electrons. The third kappa shape index (κ3) is 3.33. The van der Waals surface area contributed by atoms with Crippen molar-refractivity contribution in [2.75, 3.05) is 13.1 Å². The van der Waals surface area contributed by atoms with Crippen molar-refractivity contribution in [2.45, 2.75) is 38.0 Å². The molecule has 2 heterocycles. The Labute approximate surface area is 137 Å². The second-order valence-electron chi connectivity index (χ2n) is 6.14. The van der Waals surface area contributed by atoms with Crippen LogP contribution < -0.4 is 4.74 Å². The van der Waals surface area contributed by atoms with Crippen LogP contribution in [-0.2, 0) is 10.0 Å². The van der Waals surface area contributed by atoms with E-state index in [4.69, 9.17) is 4.74 Å². The zero-order chi connectivity index (χ0) is 16.4. The van der Waals surface area contributed by atoms with Gasteiger partial charge in [0.05, 0.1) is 5.25 Å². The van der Waals surface area contributed by atoms with Crippen LogP contribution in [0.2, 0.25) is 0 Å². The van der Waals surface area contributed by atoms with E-state index in [9.17, 15) is 8.42 Å². The Bertz CT molecular complexity index is 776. The number of para-hydroxylation sites is 1. The smallest absolute Gasteiger partial charge is 0.216 e. The lowest BCUT2D eigenvalue weighted by Gasteiger charge is -2.32. The van der Waals surface area contributed by atoms with E-state index in [0.717, 1.165) is 16.7 Å². The molecule has 1 aliphatic rings. The first-order valence-electron chi connectivity index (χ1n) is 7.98. The van der Waals surface area contributed by atoms with Gasteiger partial charge in [0.2, 0.25) is 10.0 Å². The fourth-order valence-corrected chi connectivity index (χ4v) is 4.17. The molecule has 0 amide bonds. The van der Waals surface area contributed by atoms with Crippen molar-refractivity contribution in [3.05, 3.63) is 36.5 Å². The lowest BCUT2D eigenvalue weighted by Crippen LogP contribution is -2.44. The van der Waals surface area contributed by atoms with E-state index in [2.05, 4.69) is 4.98 Å². The van der Waals surface area contributed by atoms with Crippen LogP contribution in [0.3, 0.4) is 0 Å². The molecule has 23 heavy (non-hydrogen) atoms. The molecule has 2 aromatic rings. The summed E-state index contributed by atoms with van der Waals surface area (Å²) in [5, 5.41) is 0.673. The summed E-state index contributed by atoms with van der Waals surface area (Å²) in [4.78, 5) is 4.39.